The van der Waals surface area contributed by atoms with E-state index in [1.165, 1.54) is 0 Å². The summed E-state index contributed by atoms with van der Waals surface area (Å²) in [5, 5.41) is 10.5. The number of aromatic nitrogens is 2. The van der Waals surface area contributed by atoms with Crippen LogP contribution in [-0.2, 0) is 13.1 Å². The minimum Gasteiger partial charge on any atom is -0.332 e. The zero-order valence-corrected chi connectivity index (χ0v) is 12.4. The SMILES string of the molecule is CCn1ccc(CNC(=O)Nc2ccc(Cl)cc2Cl)n1. The van der Waals surface area contributed by atoms with Gasteiger partial charge in [-0.3, -0.25) is 4.68 Å². The van der Waals surface area contributed by atoms with E-state index in [4.69, 9.17) is 23.2 Å². The maximum Gasteiger partial charge on any atom is 0.319 e. The Kier molecular flexibility index (Phi) is 4.87. The van der Waals surface area contributed by atoms with Crippen molar-refractivity contribution in [1.29, 1.82) is 0 Å². The maximum atomic E-state index is 11.8. The number of aryl methyl sites for hydroxylation is 1. The number of anilines is 1. The lowest BCUT2D eigenvalue weighted by molar-refractivity contribution is 0.251. The van der Waals surface area contributed by atoms with Crippen molar-refractivity contribution in [3.63, 3.8) is 0 Å². The van der Waals surface area contributed by atoms with Gasteiger partial charge in [0.2, 0.25) is 0 Å². The number of urea groups is 1. The van der Waals surface area contributed by atoms with Gasteiger partial charge in [0.05, 0.1) is 22.9 Å². The van der Waals surface area contributed by atoms with E-state index < -0.39 is 0 Å². The van der Waals surface area contributed by atoms with E-state index in [9.17, 15) is 4.79 Å². The molecular formula is C13H14Cl2N4O. The van der Waals surface area contributed by atoms with Crippen LogP contribution in [0.4, 0.5) is 10.5 Å². The predicted octanol–water partition coefficient (Wildman–Crippen LogP) is 3.53. The molecular weight excluding hydrogens is 299 g/mol. The molecule has 0 aliphatic rings. The van der Waals surface area contributed by atoms with E-state index >= 15 is 0 Å². The molecule has 0 unspecified atom stereocenters. The lowest BCUT2D eigenvalue weighted by Gasteiger charge is -2.08. The number of rotatable bonds is 4. The van der Waals surface area contributed by atoms with Gasteiger partial charge in [-0.1, -0.05) is 23.2 Å². The molecule has 0 fully saturated rings. The zero-order valence-electron chi connectivity index (χ0n) is 10.9. The van der Waals surface area contributed by atoms with Gasteiger partial charge in [-0.15, -0.1) is 0 Å². The highest BCUT2D eigenvalue weighted by atomic mass is 35.5. The standard InChI is InChI=1S/C13H14Cl2N4O/c1-2-19-6-5-10(18-19)8-16-13(20)17-12-4-3-9(14)7-11(12)15/h3-7H,2,8H2,1H3,(H2,16,17,20). The zero-order chi connectivity index (χ0) is 14.5. The summed E-state index contributed by atoms with van der Waals surface area (Å²) in [4.78, 5) is 11.8. The molecule has 1 aromatic heterocycles. The minimum atomic E-state index is -0.347. The Morgan fingerprint density at radius 2 is 2.15 bits per heavy atom. The number of nitrogens with zero attached hydrogens (tertiary/aromatic N) is 2. The fourth-order valence-electron chi connectivity index (χ4n) is 1.60. The lowest BCUT2D eigenvalue weighted by atomic mass is 10.3. The van der Waals surface area contributed by atoms with Crippen molar-refractivity contribution in [2.45, 2.75) is 20.0 Å². The van der Waals surface area contributed by atoms with Gasteiger partial charge in [0, 0.05) is 17.8 Å². The second-order valence-electron chi connectivity index (χ2n) is 4.09. The molecule has 2 N–H and O–H groups in total. The molecule has 2 rings (SSSR count). The number of amides is 2. The van der Waals surface area contributed by atoms with Crippen LogP contribution in [0.2, 0.25) is 10.0 Å². The number of halogens is 2. The molecule has 1 aromatic carbocycles. The average Bonchev–Trinajstić information content (AvgIpc) is 2.88. The van der Waals surface area contributed by atoms with Crippen molar-refractivity contribution in [1.82, 2.24) is 15.1 Å². The maximum absolute atomic E-state index is 11.8. The fourth-order valence-corrected chi connectivity index (χ4v) is 2.06. The van der Waals surface area contributed by atoms with Crippen LogP contribution in [0.1, 0.15) is 12.6 Å². The van der Waals surface area contributed by atoms with Crippen molar-refractivity contribution in [2.75, 3.05) is 5.32 Å². The Hall–Kier alpha value is -1.72. The molecule has 5 nitrogen and oxygen atoms in total. The summed E-state index contributed by atoms with van der Waals surface area (Å²) in [5.74, 6) is 0. The number of carbonyl (C=O) groups excluding carboxylic acids is 1. The molecule has 2 aromatic rings. The van der Waals surface area contributed by atoms with Crippen LogP contribution in [0.15, 0.2) is 30.5 Å². The number of hydrogen-bond acceptors (Lipinski definition) is 2. The molecule has 0 saturated carbocycles. The van der Waals surface area contributed by atoms with Crippen LogP contribution in [0.25, 0.3) is 0 Å². The van der Waals surface area contributed by atoms with Crippen LogP contribution in [-0.4, -0.2) is 15.8 Å². The Labute approximate surface area is 126 Å². The third-order valence-corrected chi connectivity index (χ3v) is 3.18. The first-order valence-electron chi connectivity index (χ1n) is 6.10. The van der Waals surface area contributed by atoms with Crippen LogP contribution >= 0.6 is 23.2 Å². The molecule has 0 atom stereocenters. The molecule has 7 heteroatoms. The summed E-state index contributed by atoms with van der Waals surface area (Å²) in [6, 6.07) is 6.39. The summed E-state index contributed by atoms with van der Waals surface area (Å²) < 4.78 is 1.80. The molecule has 1 heterocycles. The van der Waals surface area contributed by atoms with E-state index in [2.05, 4.69) is 15.7 Å². The Morgan fingerprint density at radius 3 is 2.80 bits per heavy atom. The monoisotopic (exact) mass is 312 g/mol. The summed E-state index contributed by atoms with van der Waals surface area (Å²) in [6.45, 7) is 3.15. The van der Waals surface area contributed by atoms with Crippen molar-refractivity contribution >= 4 is 34.9 Å². The first-order chi connectivity index (χ1) is 9.58. The number of nitrogens with one attached hydrogen (secondary N) is 2. The van der Waals surface area contributed by atoms with Crippen LogP contribution < -0.4 is 10.6 Å². The van der Waals surface area contributed by atoms with Crippen molar-refractivity contribution in [3.05, 3.63) is 46.2 Å². The van der Waals surface area contributed by atoms with Gasteiger partial charge in [-0.2, -0.15) is 5.10 Å². The number of carbonyl (C=O) groups is 1. The highest BCUT2D eigenvalue weighted by Crippen LogP contribution is 2.25. The van der Waals surface area contributed by atoms with E-state index in [0.29, 0.717) is 22.3 Å². The molecule has 2 amide bonds. The molecule has 0 spiro atoms. The lowest BCUT2D eigenvalue weighted by Crippen LogP contribution is -2.28. The van der Waals surface area contributed by atoms with Crippen molar-refractivity contribution in [2.24, 2.45) is 0 Å². The summed E-state index contributed by atoms with van der Waals surface area (Å²) in [6.07, 6.45) is 1.87. The van der Waals surface area contributed by atoms with Crippen LogP contribution in [0, 0.1) is 0 Å². The minimum absolute atomic E-state index is 0.347. The molecule has 0 saturated heterocycles. The second kappa shape index (κ2) is 6.63. The first kappa shape index (κ1) is 14.7. The molecule has 0 bridgehead atoms. The van der Waals surface area contributed by atoms with Gasteiger partial charge in [-0.25, -0.2) is 4.79 Å². The molecule has 20 heavy (non-hydrogen) atoms. The number of benzene rings is 1. The fraction of sp³-hybridized carbons (Fsp3) is 0.231. The summed E-state index contributed by atoms with van der Waals surface area (Å²) >= 11 is 11.8. The van der Waals surface area contributed by atoms with Crippen LogP contribution in [0.5, 0.6) is 0 Å². The van der Waals surface area contributed by atoms with Crippen molar-refractivity contribution in [3.8, 4) is 0 Å². The second-order valence-corrected chi connectivity index (χ2v) is 4.94. The largest absolute Gasteiger partial charge is 0.332 e. The van der Waals surface area contributed by atoms with Crippen LogP contribution in [0.3, 0.4) is 0 Å². The summed E-state index contributed by atoms with van der Waals surface area (Å²) in [7, 11) is 0. The van der Waals surface area contributed by atoms with Gasteiger partial charge in [-0.05, 0) is 31.2 Å². The highest BCUT2D eigenvalue weighted by Gasteiger charge is 2.06. The van der Waals surface area contributed by atoms with Gasteiger partial charge in [0.1, 0.15) is 0 Å². The molecule has 0 radical (unpaired) electrons. The predicted molar refractivity (Wildman–Crippen MR) is 80.2 cm³/mol. The van der Waals surface area contributed by atoms with E-state index in [1.54, 1.807) is 22.9 Å². The summed E-state index contributed by atoms with van der Waals surface area (Å²) in [5.41, 5.74) is 1.30. The van der Waals surface area contributed by atoms with Gasteiger partial charge in [0.25, 0.3) is 0 Å². The van der Waals surface area contributed by atoms with Crippen molar-refractivity contribution < 1.29 is 4.79 Å². The molecule has 106 valence electrons. The molecule has 0 aliphatic heterocycles. The normalized spacial score (nSPS) is 10.3. The third-order valence-electron chi connectivity index (χ3n) is 2.63. The van der Waals surface area contributed by atoms with E-state index in [0.717, 1.165) is 12.2 Å². The van der Waals surface area contributed by atoms with E-state index in [-0.39, 0.29) is 6.03 Å². The Morgan fingerprint density at radius 1 is 1.35 bits per heavy atom. The third kappa shape index (κ3) is 3.88. The van der Waals surface area contributed by atoms with Gasteiger partial charge in [0.15, 0.2) is 0 Å². The average molecular weight is 313 g/mol. The van der Waals surface area contributed by atoms with Gasteiger partial charge >= 0.3 is 6.03 Å². The molecule has 0 aliphatic carbocycles. The van der Waals surface area contributed by atoms with Gasteiger partial charge < -0.3 is 10.6 Å². The number of hydrogen-bond donors (Lipinski definition) is 2. The Bertz CT molecular complexity index is 612. The highest BCUT2D eigenvalue weighted by molar-refractivity contribution is 6.36. The quantitative estimate of drug-likeness (QED) is 0.907. The first-order valence-corrected chi connectivity index (χ1v) is 6.86. The van der Waals surface area contributed by atoms with E-state index in [1.807, 2.05) is 19.2 Å². The topological polar surface area (TPSA) is 59.0 Å². The smallest absolute Gasteiger partial charge is 0.319 e. The Balaban J connectivity index is 1.89.